The Bertz CT molecular complexity index is 796. The average molecular weight is 335 g/mol. The van der Waals surface area contributed by atoms with E-state index in [4.69, 9.17) is 4.74 Å². The van der Waals surface area contributed by atoms with Gasteiger partial charge in [-0.1, -0.05) is 42.5 Å². The number of rotatable bonds is 6. The van der Waals surface area contributed by atoms with E-state index in [1.165, 1.54) is 23.3 Å². The summed E-state index contributed by atoms with van der Waals surface area (Å²) in [6, 6.07) is 24.3. The predicted octanol–water partition coefficient (Wildman–Crippen LogP) is 5.64. The Balaban J connectivity index is 1.60. The Morgan fingerprint density at radius 1 is 0.800 bits per heavy atom. The van der Waals surface area contributed by atoms with Gasteiger partial charge in [0, 0.05) is 12.1 Å². The zero-order valence-electron chi connectivity index (χ0n) is 14.5. The lowest BCUT2D eigenvalue weighted by Gasteiger charge is -2.27. The Labute approximate surface area is 148 Å². The topological polar surface area (TPSA) is 21.3 Å². The lowest BCUT2D eigenvalue weighted by Crippen LogP contribution is -2.35. The van der Waals surface area contributed by atoms with Crippen LogP contribution in [0.15, 0.2) is 78.9 Å². The molecule has 0 spiro atoms. The van der Waals surface area contributed by atoms with Crippen molar-refractivity contribution in [3.8, 4) is 11.5 Å². The van der Waals surface area contributed by atoms with E-state index in [2.05, 4.69) is 43.4 Å². The molecule has 0 fully saturated rings. The smallest absolute Gasteiger partial charge is 0.127 e. The van der Waals surface area contributed by atoms with Crippen molar-refractivity contribution < 1.29 is 9.13 Å². The summed E-state index contributed by atoms with van der Waals surface area (Å²) in [4.78, 5) is 0. The maximum absolute atomic E-state index is 12.9. The van der Waals surface area contributed by atoms with E-state index >= 15 is 0 Å². The van der Waals surface area contributed by atoms with Crippen LogP contribution in [-0.2, 0) is 12.1 Å². The molecule has 0 unspecified atom stereocenters. The molecule has 0 aliphatic carbocycles. The summed E-state index contributed by atoms with van der Waals surface area (Å²) in [6.07, 6.45) is 0. The van der Waals surface area contributed by atoms with Gasteiger partial charge >= 0.3 is 0 Å². The summed E-state index contributed by atoms with van der Waals surface area (Å²) in [5, 5.41) is 3.58. The van der Waals surface area contributed by atoms with Gasteiger partial charge in [0.05, 0.1) is 0 Å². The number of hydrogen-bond donors (Lipinski definition) is 1. The molecule has 0 radical (unpaired) electrons. The van der Waals surface area contributed by atoms with Crippen LogP contribution in [0, 0.1) is 5.82 Å². The van der Waals surface area contributed by atoms with E-state index in [1.807, 2.05) is 30.3 Å². The van der Waals surface area contributed by atoms with Crippen LogP contribution in [0.4, 0.5) is 4.39 Å². The zero-order chi connectivity index (χ0) is 17.7. The van der Waals surface area contributed by atoms with E-state index in [0.29, 0.717) is 5.75 Å². The molecule has 2 nitrogen and oxygen atoms in total. The van der Waals surface area contributed by atoms with Crippen molar-refractivity contribution in [2.75, 3.05) is 0 Å². The second kappa shape index (κ2) is 7.49. The normalized spacial score (nSPS) is 11.3. The molecular weight excluding hydrogens is 313 g/mol. The number of halogens is 1. The van der Waals surface area contributed by atoms with Crippen molar-refractivity contribution in [3.05, 3.63) is 95.8 Å². The van der Waals surface area contributed by atoms with Gasteiger partial charge in [0.1, 0.15) is 17.3 Å². The average Bonchev–Trinajstić information content (AvgIpc) is 2.64. The fourth-order valence-electron chi connectivity index (χ4n) is 2.59. The molecule has 0 saturated heterocycles. The van der Waals surface area contributed by atoms with Crippen LogP contribution in [0.1, 0.15) is 25.0 Å². The van der Waals surface area contributed by atoms with E-state index in [1.54, 1.807) is 12.1 Å². The van der Waals surface area contributed by atoms with Crippen molar-refractivity contribution in [3.63, 3.8) is 0 Å². The van der Waals surface area contributed by atoms with Crippen molar-refractivity contribution in [1.29, 1.82) is 0 Å². The molecule has 0 aromatic heterocycles. The van der Waals surface area contributed by atoms with Gasteiger partial charge in [-0.15, -0.1) is 0 Å². The third-order valence-corrected chi connectivity index (χ3v) is 4.20. The zero-order valence-corrected chi connectivity index (χ0v) is 14.5. The highest BCUT2D eigenvalue weighted by molar-refractivity contribution is 5.33. The molecule has 0 heterocycles. The fourth-order valence-corrected chi connectivity index (χ4v) is 2.59. The van der Waals surface area contributed by atoms with Crippen molar-refractivity contribution in [2.24, 2.45) is 0 Å². The van der Waals surface area contributed by atoms with Gasteiger partial charge in [0.15, 0.2) is 0 Å². The fraction of sp³-hybridized carbons (Fsp3) is 0.182. The second-order valence-corrected chi connectivity index (χ2v) is 6.54. The molecule has 0 saturated carbocycles. The molecule has 0 amide bonds. The van der Waals surface area contributed by atoms with Crippen LogP contribution < -0.4 is 10.1 Å². The first-order chi connectivity index (χ1) is 12.0. The summed E-state index contributed by atoms with van der Waals surface area (Å²) in [7, 11) is 0. The van der Waals surface area contributed by atoms with E-state index in [-0.39, 0.29) is 11.4 Å². The van der Waals surface area contributed by atoms with Gasteiger partial charge in [-0.2, -0.15) is 0 Å². The van der Waals surface area contributed by atoms with Crippen LogP contribution in [0.25, 0.3) is 0 Å². The van der Waals surface area contributed by atoms with Crippen LogP contribution in [-0.4, -0.2) is 0 Å². The van der Waals surface area contributed by atoms with Gasteiger partial charge in [0.25, 0.3) is 0 Å². The summed E-state index contributed by atoms with van der Waals surface area (Å²) >= 11 is 0. The summed E-state index contributed by atoms with van der Waals surface area (Å²) in [5.41, 5.74) is 2.33. The Morgan fingerprint density at radius 3 is 1.96 bits per heavy atom. The minimum absolute atomic E-state index is 0.107. The molecule has 1 N–H and O–H groups in total. The highest BCUT2D eigenvalue weighted by Crippen LogP contribution is 2.23. The molecule has 3 aromatic carbocycles. The third-order valence-electron chi connectivity index (χ3n) is 4.20. The van der Waals surface area contributed by atoms with E-state index in [9.17, 15) is 4.39 Å². The molecule has 0 atom stereocenters. The molecule has 0 aliphatic rings. The molecule has 3 rings (SSSR count). The van der Waals surface area contributed by atoms with E-state index < -0.39 is 0 Å². The number of benzene rings is 3. The van der Waals surface area contributed by atoms with E-state index in [0.717, 1.165) is 12.3 Å². The first-order valence-electron chi connectivity index (χ1n) is 8.36. The summed E-state index contributed by atoms with van der Waals surface area (Å²) in [5.74, 6) is 1.09. The van der Waals surface area contributed by atoms with Crippen molar-refractivity contribution in [2.45, 2.75) is 25.9 Å². The van der Waals surface area contributed by atoms with Gasteiger partial charge in [-0.25, -0.2) is 4.39 Å². The highest BCUT2D eigenvalue weighted by atomic mass is 19.1. The van der Waals surface area contributed by atoms with Gasteiger partial charge in [-0.05, 0) is 61.4 Å². The quantitative estimate of drug-likeness (QED) is 0.629. The van der Waals surface area contributed by atoms with Crippen LogP contribution in [0.5, 0.6) is 11.5 Å². The first-order valence-corrected chi connectivity index (χ1v) is 8.36. The lowest BCUT2D eigenvalue weighted by molar-refractivity contribution is 0.401. The van der Waals surface area contributed by atoms with Crippen LogP contribution >= 0.6 is 0 Å². The number of ether oxygens (including phenoxy) is 1. The molecule has 0 bridgehead atoms. The maximum Gasteiger partial charge on any atom is 0.127 e. The predicted molar refractivity (Wildman–Crippen MR) is 99.2 cm³/mol. The number of hydrogen-bond acceptors (Lipinski definition) is 2. The van der Waals surface area contributed by atoms with Gasteiger partial charge < -0.3 is 10.1 Å². The maximum atomic E-state index is 12.9. The van der Waals surface area contributed by atoms with Crippen LogP contribution in [0.3, 0.4) is 0 Å². The largest absolute Gasteiger partial charge is 0.457 e. The Hall–Kier alpha value is -2.65. The molecule has 3 aromatic rings. The molecule has 128 valence electrons. The Kier molecular flexibility index (Phi) is 5.15. The summed E-state index contributed by atoms with van der Waals surface area (Å²) in [6.45, 7) is 5.11. The minimum Gasteiger partial charge on any atom is -0.457 e. The summed E-state index contributed by atoms with van der Waals surface area (Å²) < 4.78 is 18.6. The Morgan fingerprint density at radius 2 is 1.36 bits per heavy atom. The SMILES string of the molecule is CC(C)(NCc1ccc(Oc2ccc(F)cc2)cc1)c1ccccc1. The standard InChI is InChI=1S/C22H22FNO/c1-22(2,18-6-4-3-5-7-18)24-16-17-8-12-20(13-9-17)25-21-14-10-19(23)11-15-21/h3-15,24H,16H2,1-2H3. The monoisotopic (exact) mass is 335 g/mol. The van der Waals surface area contributed by atoms with Gasteiger partial charge in [0.2, 0.25) is 0 Å². The molecule has 25 heavy (non-hydrogen) atoms. The van der Waals surface area contributed by atoms with Gasteiger partial charge in [-0.3, -0.25) is 0 Å². The molecule has 3 heteroatoms. The van der Waals surface area contributed by atoms with Crippen molar-refractivity contribution in [1.82, 2.24) is 5.32 Å². The minimum atomic E-state index is -0.269. The molecular formula is C22H22FNO. The second-order valence-electron chi connectivity index (χ2n) is 6.54. The number of nitrogens with one attached hydrogen (secondary N) is 1. The molecule has 0 aliphatic heterocycles. The first kappa shape index (κ1) is 17.2. The lowest BCUT2D eigenvalue weighted by atomic mass is 9.94. The van der Waals surface area contributed by atoms with Crippen LogP contribution in [0.2, 0.25) is 0 Å². The third kappa shape index (κ3) is 4.68. The van der Waals surface area contributed by atoms with Crippen molar-refractivity contribution >= 4 is 0 Å². The highest BCUT2D eigenvalue weighted by Gasteiger charge is 2.18.